The van der Waals surface area contributed by atoms with Gasteiger partial charge in [0.25, 0.3) is 0 Å². The van der Waals surface area contributed by atoms with Crippen LogP contribution in [0.4, 0.5) is 5.82 Å². The molecule has 0 aliphatic heterocycles. The molecule has 0 N–H and O–H groups in total. The Bertz CT molecular complexity index is 645. The molecule has 1 aromatic carbocycles. The zero-order valence-corrected chi connectivity index (χ0v) is 10.2. The summed E-state index contributed by atoms with van der Waals surface area (Å²) in [6, 6.07) is 14.3. The molecule has 2 aromatic heterocycles. The van der Waals surface area contributed by atoms with Crippen molar-refractivity contribution < 1.29 is 0 Å². The maximum Gasteiger partial charge on any atom is 0.157 e. The Hall–Kier alpha value is -2.36. The van der Waals surface area contributed by atoms with E-state index in [1.165, 1.54) is 5.56 Å². The van der Waals surface area contributed by atoms with Gasteiger partial charge in [-0.1, -0.05) is 30.3 Å². The lowest BCUT2D eigenvalue weighted by molar-refractivity contribution is 0.832. The third-order valence-corrected chi connectivity index (χ3v) is 2.92. The summed E-state index contributed by atoms with van der Waals surface area (Å²) in [5.41, 5.74) is 2.14. The fourth-order valence-corrected chi connectivity index (χ4v) is 2.05. The van der Waals surface area contributed by atoms with Crippen molar-refractivity contribution in [2.45, 2.75) is 6.54 Å². The molecule has 3 rings (SSSR count). The number of hydrogen-bond acceptors (Lipinski definition) is 3. The predicted molar refractivity (Wildman–Crippen MR) is 71.5 cm³/mol. The molecule has 0 unspecified atom stereocenters. The highest BCUT2D eigenvalue weighted by molar-refractivity contribution is 5.48. The molecule has 0 bridgehead atoms. The van der Waals surface area contributed by atoms with Crippen molar-refractivity contribution >= 4 is 11.5 Å². The van der Waals surface area contributed by atoms with E-state index in [0.717, 1.165) is 18.0 Å². The maximum atomic E-state index is 4.29. The monoisotopic (exact) mass is 238 g/mol. The van der Waals surface area contributed by atoms with Crippen LogP contribution >= 0.6 is 0 Å². The topological polar surface area (TPSA) is 33.4 Å². The van der Waals surface area contributed by atoms with Crippen LogP contribution in [0.2, 0.25) is 0 Å². The van der Waals surface area contributed by atoms with Crippen LogP contribution in [-0.4, -0.2) is 21.6 Å². The Morgan fingerprint density at radius 1 is 1.06 bits per heavy atom. The molecule has 0 saturated carbocycles. The number of nitrogens with zero attached hydrogens (tertiary/aromatic N) is 4. The first-order valence-corrected chi connectivity index (χ1v) is 5.88. The summed E-state index contributed by atoms with van der Waals surface area (Å²) in [7, 11) is 2.06. The average Bonchev–Trinajstić information content (AvgIpc) is 2.87. The van der Waals surface area contributed by atoms with E-state index in [0.29, 0.717) is 0 Å². The minimum Gasteiger partial charge on any atom is -0.355 e. The van der Waals surface area contributed by atoms with Gasteiger partial charge in [-0.25, -0.2) is 4.98 Å². The fourth-order valence-electron chi connectivity index (χ4n) is 2.05. The quantitative estimate of drug-likeness (QED) is 0.702. The molecule has 0 aliphatic carbocycles. The molecule has 90 valence electrons. The average molecular weight is 238 g/mol. The molecule has 0 atom stereocenters. The molecule has 0 aliphatic rings. The van der Waals surface area contributed by atoms with Crippen molar-refractivity contribution in [2.75, 3.05) is 11.9 Å². The minimum atomic E-state index is 0.847. The van der Waals surface area contributed by atoms with Gasteiger partial charge in [0, 0.05) is 25.9 Å². The van der Waals surface area contributed by atoms with E-state index in [-0.39, 0.29) is 0 Å². The van der Waals surface area contributed by atoms with Crippen molar-refractivity contribution in [3.05, 3.63) is 60.4 Å². The minimum absolute atomic E-state index is 0.847. The Balaban J connectivity index is 1.92. The second-order valence-corrected chi connectivity index (χ2v) is 4.25. The molecule has 0 fully saturated rings. The summed E-state index contributed by atoms with van der Waals surface area (Å²) in [6.45, 7) is 0.847. The summed E-state index contributed by atoms with van der Waals surface area (Å²) in [6.07, 6.45) is 3.58. The molecule has 4 nitrogen and oxygen atoms in total. The van der Waals surface area contributed by atoms with Gasteiger partial charge in [-0.2, -0.15) is 9.61 Å². The Kier molecular flexibility index (Phi) is 2.68. The Labute approximate surface area is 106 Å². The first-order valence-electron chi connectivity index (χ1n) is 5.88. The molecule has 4 heteroatoms. The normalized spacial score (nSPS) is 10.7. The lowest BCUT2D eigenvalue weighted by Gasteiger charge is -2.19. The highest BCUT2D eigenvalue weighted by Crippen LogP contribution is 2.15. The summed E-state index contributed by atoms with van der Waals surface area (Å²) in [5, 5.41) is 4.29. The number of benzene rings is 1. The van der Waals surface area contributed by atoms with Crippen molar-refractivity contribution in [3.8, 4) is 0 Å². The number of rotatable bonds is 3. The van der Waals surface area contributed by atoms with E-state index in [9.17, 15) is 0 Å². The van der Waals surface area contributed by atoms with Crippen molar-refractivity contribution in [3.63, 3.8) is 0 Å². The number of fused-ring (bicyclic) bond motifs is 1. The summed E-state index contributed by atoms with van der Waals surface area (Å²) >= 11 is 0. The number of hydrogen-bond donors (Lipinski definition) is 0. The Morgan fingerprint density at radius 2 is 1.89 bits per heavy atom. The predicted octanol–water partition coefficient (Wildman–Crippen LogP) is 2.37. The van der Waals surface area contributed by atoms with E-state index in [4.69, 9.17) is 0 Å². The van der Waals surface area contributed by atoms with E-state index < -0.39 is 0 Å². The summed E-state index contributed by atoms with van der Waals surface area (Å²) < 4.78 is 1.85. The van der Waals surface area contributed by atoms with E-state index in [2.05, 4.69) is 46.3 Å². The van der Waals surface area contributed by atoms with Gasteiger partial charge in [0.05, 0.1) is 6.20 Å². The second kappa shape index (κ2) is 4.49. The van der Waals surface area contributed by atoms with E-state index in [1.54, 1.807) is 6.20 Å². The largest absolute Gasteiger partial charge is 0.355 e. The first kappa shape index (κ1) is 10.8. The van der Waals surface area contributed by atoms with Crippen LogP contribution in [0.1, 0.15) is 5.56 Å². The van der Waals surface area contributed by atoms with Gasteiger partial charge in [-0.3, -0.25) is 0 Å². The zero-order valence-electron chi connectivity index (χ0n) is 10.2. The molecule has 3 aromatic rings. The molecular weight excluding hydrogens is 224 g/mol. The molecule has 0 amide bonds. The van der Waals surface area contributed by atoms with Crippen LogP contribution in [-0.2, 0) is 6.54 Å². The number of anilines is 1. The van der Waals surface area contributed by atoms with E-state index in [1.807, 2.05) is 28.9 Å². The van der Waals surface area contributed by atoms with Crippen LogP contribution in [0.3, 0.4) is 0 Å². The van der Waals surface area contributed by atoms with Gasteiger partial charge in [0.1, 0.15) is 5.82 Å². The highest BCUT2D eigenvalue weighted by Gasteiger charge is 2.07. The lowest BCUT2D eigenvalue weighted by Crippen LogP contribution is -2.19. The van der Waals surface area contributed by atoms with Crippen molar-refractivity contribution in [1.29, 1.82) is 0 Å². The standard InChI is InChI=1S/C14H14N4/c1-17(11-12-5-3-2-4-6-12)14-8-9-15-13-7-10-16-18(13)14/h2-10H,11H2,1H3. The van der Waals surface area contributed by atoms with Crippen LogP contribution in [0.25, 0.3) is 5.65 Å². The molecule has 0 radical (unpaired) electrons. The van der Waals surface area contributed by atoms with Gasteiger partial charge < -0.3 is 4.90 Å². The van der Waals surface area contributed by atoms with Gasteiger partial charge in [0.2, 0.25) is 0 Å². The van der Waals surface area contributed by atoms with Gasteiger partial charge >= 0.3 is 0 Å². The number of aromatic nitrogens is 3. The lowest BCUT2D eigenvalue weighted by atomic mass is 10.2. The molecule has 0 spiro atoms. The Morgan fingerprint density at radius 3 is 2.72 bits per heavy atom. The smallest absolute Gasteiger partial charge is 0.157 e. The van der Waals surface area contributed by atoms with E-state index >= 15 is 0 Å². The maximum absolute atomic E-state index is 4.29. The SMILES string of the molecule is CN(Cc1ccccc1)c1ccnc2ccnn12. The van der Waals surface area contributed by atoms with Crippen LogP contribution in [0, 0.1) is 0 Å². The summed E-state index contributed by atoms with van der Waals surface area (Å²) in [5.74, 6) is 1.04. The van der Waals surface area contributed by atoms with Crippen LogP contribution in [0.5, 0.6) is 0 Å². The molecule has 2 heterocycles. The first-order chi connectivity index (χ1) is 8.84. The highest BCUT2D eigenvalue weighted by atomic mass is 15.3. The van der Waals surface area contributed by atoms with Gasteiger partial charge in [-0.05, 0) is 11.6 Å². The van der Waals surface area contributed by atoms with Gasteiger partial charge in [0.15, 0.2) is 5.65 Å². The summed E-state index contributed by atoms with van der Waals surface area (Å²) in [4.78, 5) is 6.43. The fraction of sp³-hybridized carbons (Fsp3) is 0.143. The van der Waals surface area contributed by atoms with Crippen molar-refractivity contribution in [2.24, 2.45) is 0 Å². The molecule has 0 saturated heterocycles. The van der Waals surface area contributed by atoms with Crippen LogP contribution < -0.4 is 4.90 Å². The third kappa shape index (κ3) is 1.93. The zero-order chi connectivity index (χ0) is 12.4. The van der Waals surface area contributed by atoms with Crippen LogP contribution in [0.15, 0.2) is 54.9 Å². The molecule has 18 heavy (non-hydrogen) atoms. The third-order valence-electron chi connectivity index (χ3n) is 2.92. The van der Waals surface area contributed by atoms with Gasteiger partial charge in [-0.15, -0.1) is 0 Å². The molecular formula is C14H14N4. The van der Waals surface area contributed by atoms with Crippen molar-refractivity contribution in [1.82, 2.24) is 14.6 Å². The second-order valence-electron chi connectivity index (χ2n) is 4.25.